The number of nitrogens with two attached hydrogens (primary N) is 1. The summed E-state index contributed by atoms with van der Waals surface area (Å²) >= 11 is 0. The fraction of sp³-hybridized carbons (Fsp3) is 0.917. The summed E-state index contributed by atoms with van der Waals surface area (Å²) in [7, 11) is 0. The van der Waals surface area contributed by atoms with Crippen LogP contribution in [0.5, 0.6) is 0 Å². The lowest BCUT2D eigenvalue weighted by molar-refractivity contribution is -0.130. The number of hydrogen-bond donors (Lipinski definition) is 1. The molecule has 0 aromatic carbocycles. The molecular formula is C12H24N2O. The largest absolute Gasteiger partial charge is 0.342 e. The van der Waals surface area contributed by atoms with Crippen LogP contribution in [0.4, 0.5) is 0 Å². The first-order valence-corrected chi connectivity index (χ1v) is 6.25. The van der Waals surface area contributed by atoms with Crippen LogP contribution in [0.3, 0.4) is 0 Å². The van der Waals surface area contributed by atoms with Crippen molar-refractivity contribution in [3.63, 3.8) is 0 Å². The maximum absolute atomic E-state index is 11.8. The Morgan fingerprint density at radius 2 is 2.27 bits per heavy atom. The number of rotatable bonds is 6. The van der Waals surface area contributed by atoms with Crippen LogP contribution in [-0.2, 0) is 4.79 Å². The molecule has 0 bridgehead atoms. The van der Waals surface area contributed by atoms with Gasteiger partial charge in [-0.3, -0.25) is 4.79 Å². The standard InChI is InChI=1S/C12H24N2O/c1-2-3-4-5-12(15)14-9-7-11(10-14)6-8-13/h11H,2-10,13H2,1H3. The first-order valence-electron chi connectivity index (χ1n) is 6.25. The molecule has 1 saturated heterocycles. The van der Waals surface area contributed by atoms with E-state index in [4.69, 9.17) is 5.73 Å². The summed E-state index contributed by atoms with van der Waals surface area (Å²) in [4.78, 5) is 13.8. The first kappa shape index (κ1) is 12.5. The summed E-state index contributed by atoms with van der Waals surface area (Å²) < 4.78 is 0. The normalized spacial score (nSPS) is 20.9. The zero-order valence-corrected chi connectivity index (χ0v) is 9.87. The van der Waals surface area contributed by atoms with Crippen molar-refractivity contribution in [2.24, 2.45) is 11.7 Å². The molecule has 1 amide bonds. The van der Waals surface area contributed by atoms with Gasteiger partial charge >= 0.3 is 0 Å². The highest BCUT2D eigenvalue weighted by atomic mass is 16.2. The van der Waals surface area contributed by atoms with Gasteiger partial charge in [-0.1, -0.05) is 19.8 Å². The molecule has 0 aromatic heterocycles. The Hall–Kier alpha value is -0.570. The van der Waals surface area contributed by atoms with Crippen LogP contribution < -0.4 is 5.73 Å². The Labute approximate surface area is 93.0 Å². The molecule has 0 radical (unpaired) electrons. The molecule has 0 aromatic rings. The minimum atomic E-state index is 0.350. The summed E-state index contributed by atoms with van der Waals surface area (Å²) in [6, 6.07) is 0. The zero-order valence-electron chi connectivity index (χ0n) is 9.87. The van der Waals surface area contributed by atoms with Gasteiger partial charge < -0.3 is 10.6 Å². The number of amides is 1. The molecule has 1 atom stereocenters. The fourth-order valence-corrected chi connectivity index (χ4v) is 2.21. The average Bonchev–Trinajstić information content (AvgIpc) is 2.67. The molecule has 2 N–H and O–H groups in total. The highest BCUT2D eigenvalue weighted by Gasteiger charge is 2.24. The van der Waals surface area contributed by atoms with E-state index in [1.807, 2.05) is 4.90 Å². The maximum Gasteiger partial charge on any atom is 0.222 e. The topological polar surface area (TPSA) is 46.3 Å². The van der Waals surface area contributed by atoms with Gasteiger partial charge in [0.25, 0.3) is 0 Å². The summed E-state index contributed by atoms with van der Waals surface area (Å²) in [6.07, 6.45) is 6.36. The van der Waals surface area contributed by atoms with Crippen LogP contribution in [0.15, 0.2) is 0 Å². The van der Waals surface area contributed by atoms with E-state index in [1.54, 1.807) is 0 Å². The van der Waals surface area contributed by atoms with Gasteiger partial charge in [-0.05, 0) is 31.7 Å². The lowest BCUT2D eigenvalue weighted by Gasteiger charge is -2.16. The lowest BCUT2D eigenvalue weighted by Crippen LogP contribution is -2.28. The molecular weight excluding hydrogens is 188 g/mol. The van der Waals surface area contributed by atoms with E-state index in [2.05, 4.69) is 6.92 Å². The average molecular weight is 212 g/mol. The molecule has 0 saturated carbocycles. The number of carbonyl (C=O) groups is 1. The SMILES string of the molecule is CCCCCC(=O)N1CCC(CCN)C1. The molecule has 3 heteroatoms. The summed E-state index contributed by atoms with van der Waals surface area (Å²) in [5.74, 6) is 1.01. The molecule has 1 aliphatic heterocycles. The molecule has 1 heterocycles. The van der Waals surface area contributed by atoms with Crippen LogP contribution in [0.1, 0.15) is 45.4 Å². The van der Waals surface area contributed by atoms with E-state index in [9.17, 15) is 4.79 Å². The maximum atomic E-state index is 11.8. The van der Waals surface area contributed by atoms with Crippen LogP contribution >= 0.6 is 0 Å². The number of carbonyl (C=O) groups excluding carboxylic acids is 1. The Kier molecular flexibility index (Phi) is 5.69. The van der Waals surface area contributed by atoms with Crippen LogP contribution in [0.2, 0.25) is 0 Å². The van der Waals surface area contributed by atoms with E-state index in [0.29, 0.717) is 11.8 Å². The molecule has 1 unspecified atom stereocenters. The number of likely N-dealkylation sites (tertiary alicyclic amines) is 1. The molecule has 1 aliphatic rings. The predicted molar refractivity (Wildman–Crippen MR) is 62.5 cm³/mol. The highest BCUT2D eigenvalue weighted by molar-refractivity contribution is 5.76. The van der Waals surface area contributed by atoms with Crippen molar-refractivity contribution in [2.75, 3.05) is 19.6 Å². The van der Waals surface area contributed by atoms with Gasteiger partial charge in [0.05, 0.1) is 0 Å². The van der Waals surface area contributed by atoms with Gasteiger partial charge in [-0.25, -0.2) is 0 Å². The van der Waals surface area contributed by atoms with E-state index in [0.717, 1.165) is 45.3 Å². The molecule has 88 valence electrons. The second kappa shape index (κ2) is 6.83. The molecule has 0 spiro atoms. The predicted octanol–water partition coefficient (Wildman–Crippen LogP) is 1.76. The second-order valence-electron chi connectivity index (χ2n) is 4.53. The third-order valence-electron chi connectivity index (χ3n) is 3.21. The number of hydrogen-bond acceptors (Lipinski definition) is 2. The van der Waals surface area contributed by atoms with Crippen molar-refractivity contribution in [1.29, 1.82) is 0 Å². The van der Waals surface area contributed by atoms with Crippen molar-refractivity contribution in [3.05, 3.63) is 0 Å². The van der Waals surface area contributed by atoms with E-state index in [-0.39, 0.29) is 0 Å². The smallest absolute Gasteiger partial charge is 0.222 e. The third-order valence-corrected chi connectivity index (χ3v) is 3.21. The van der Waals surface area contributed by atoms with Crippen molar-refractivity contribution in [1.82, 2.24) is 4.90 Å². The minimum absolute atomic E-state index is 0.350. The first-order chi connectivity index (χ1) is 7.27. The van der Waals surface area contributed by atoms with Gasteiger partial charge in [0.1, 0.15) is 0 Å². The zero-order chi connectivity index (χ0) is 11.1. The van der Waals surface area contributed by atoms with Crippen molar-refractivity contribution in [3.8, 4) is 0 Å². The van der Waals surface area contributed by atoms with E-state index >= 15 is 0 Å². The lowest BCUT2D eigenvalue weighted by atomic mass is 10.1. The molecule has 15 heavy (non-hydrogen) atoms. The molecule has 1 fully saturated rings. The number of nitrogens with zero attached hydrogens (tertiary/aromatic N) is 1. The van der Waals surface area contributed by atoms with Gasteiger partial charge in [0.15, 0.2) is 0 Å². The highest BCUT2D eigenvalue weighted by Crippen LogP contribution is 2.20. The Morgan fingerprint density at radius 1 is 1.47 bits per heavy atom. The Balaban J connectivity index is 2.18. The number of unbranched alkanes of at least 4 members (excludes halogenated alkanes) is 2. The van der Waals surface area contributed by atoms with Crippen LogP contribution in [0, 0.1) is 5.92 Å². The van der Waals surface area contributed by atoms with Gasteiger partial charge in [-0.15, -0.1) is 0 Å². The van der Waals surface area contributed by atoms with E-state index in [1.165, 1.54) is 12.8 Å². The summed E-state index contributed by atoms with van der Waals surface area (Å²) in [6.45, 7) is 4.82. The molecule has 3 nitrogen and oxygen atoms in total. The van der Waals surface area contributed by atoms with Gasteiger partial charge in [0.2, 0.25) is 5.91 Å². The second-order valence-corrected chi connectivity index (χ2v) is 4.53. The van der Waals surface area contributed by atoms with Crippen LogP contribution in [-0.4, -0.2) is 30.4 Å². The monoisotopic (exact) mass is 212 g/mol. The Morgan fingerprint density at radius 3 is 2.93 bits per heavy atom. The van der Waals surface area contributed by atoms with Crippen LogP contribution in [0.25, 0.3) is 0 Å². The van der Waals surface area contributed by atoms with E-state index < -0.39 is 0 Å². The fourth-order valence-electron chi connectivity index (χ4n) is 2.21. The van der Waals surface area contributed by atoms with Gasteiger partial charge in [0, 0.05) is 19.5 Å². The van der Waals surface area contributed by atoms with Crippen molar-refractivity contribution >= 4 is 5.91 Å². The Bertz CT molecular complexity index is 194. The minimum Gasteiger partial charge on any atom is -0.342 e. The molecule has 1 rings (SSSR count). The van der Waals surface area contributed by atoms with Crippen molar-refractivity contribution in [2.45, 2.75) is 45.4 Å². The van der Waals surface area contributed by atoms with Crippen molar-refractivity contribution < 1.29 is 4.79 Å². The summed E-state index contributed by atoms with van der Waals surface area (Å²) in [5, 5.41) is 0. The molecule has 0 aliphatic carbocycles. The van der Waals surface area contributed by atoms with Gasteiger partial charge in [-0.2, -0.15) is 0 Å². The quantitative estimate of drug-likeness (QED) is 0.682. The third kappa shape index (κ3) is 4.20. The summed E-state index contributed by atoms with van der Waals surface area (Å²) in [5.41, 5.74) is 5.52.